The van der Waals surface area contributed by atoms with E-state index >= 15 is 0 Å². The average molecular weight is 156 g/mol. The van der Waals surface area contributed by atoms with Gasteiger partial charge in [0, 0.05) is 12.6 Å². The van der Waals surface area contributed by atoms with Crippen LogP contribution in [0.15, 0.2) is 0 Å². The van der Waals surface area contributed by atoms with Gasteiger partial charge in [0.15, 0.2) is 0 Å². The fourth-order valence-corrected chi connectivity index (χ4v) is 2.20. The number of likely N-dealkylation sites (tertiary alicyclic amines) is 1. The molecule has 11 heavy (non-hydrogen) atoms. The van der Waals surface area contributed by atoms with Crippen LogP contribution < -0.4 is 5.73 Å². The topological polar surface area (TPSA) is 38.5 Å². The second kappa shape index (κ2) is 2.44. The first-order valence-corrected chi connectivity index (χ1v) is 4.38. The van der Waals surface area contributed by atoms with Crippen LogP contribution in [-0.4, -0.2) is 42.8 Å². The molecule has 1 atom stereocenters. The van der Waals surface area contributed by atoms with E-state index < -0.39 is 0 Å². The van der Waals surface area contributed by atoms with Crippen molar-refractivity contribution in [1.82, 2.24) is 4.90 Å². The fraction of sp³-hybridized carbons (Fsp3) is 1.00. The fourth-order valence-electron chi connectivity index (χ4n) is 2.20. The Labute approximate surface area is 67.5 Å². The summed E-state index contributed by atoms with van der Waals surface area (Å²) in [6, 6.07) is 0.344. The minimum Gasteiger partial charge on any atom is -0.377 e. The van der Waals surface area contributed by atoms with Crippen molar-refractivity contribution < 1.29 is 4.74 Å². The quantitative estimate of drug-likeness (QED) is 0.572. The zero-order valence-electron chi connectivity index (χ0n) is 7.05. The SMILES string of the molecule is CCN1CCC(N)C12COC2. The van der Waals surface area contributed by atoms with Crippen LogP contribution in [0.2, 0.25) is 0 Å². The van der Waals surface area contributed by atoms with E-state index in [0.29, 0.717) is 6.04 Å². The van der Waals surface area contributed by atoms with Crippen molar-refractivity contribution in [3.8, 4) is 0 Å². The molecule has 3 nitrogen and oxygen atoms in total. The lowest BCUT2D eigenvalue weighted by molar-refractivity contribution is -0.127. The number of nitrogens with two attached hydrogens (primary N) is 1. The van der Waals surface area contributed by atoms with Crippen molar-refractivity contribution in [3.05, 3.63) is 0 Å². The van der Waals surface area contributed by atoms with Gasteiger partial charge in [0.1, 0.15) is 0 Å². The average Bonchev–Trinajstić information content (AvgIpc) is 2.24. The van der Waals surface area contributed by atoms with Crippen molar-refractivity contribution in [2.45, 2.75) is 24.9 Å². The number of likely N-dealkylation sites (N-methyl/N-ethyl adjacent to an activating group) is 1. The maximum absolute atomic E-state index is 6.02. The second-order valence-corrected chi connectivity index (χ2v) is 3.57. The van der Waals surface area contributed by atoms with Gasteiger partial charge in [-0.25, -0.2) is 0 Å². The smallest absolute Gasteiger partial charge is 0.0831 e. The lowest BCUT2D eigenvalue weighted by Crippen LogP contribution is -2.66. The van der Waals surface area contributed by atoms with E-state index in [9.17, 15) is 0 Å². The Hall–Kier alpha value is -0.120. The monoisotopic (exact) mass is 156 g/mol. The molecule has 0 radical (unpaired) electrons. The zero-order valence-corrected chi connectivity index (χ0v) is 7.05. The highest BCUT2D eigenvalue weighted by Gasteiger charge is 2.51. The molecule has 0 amide bonds. The first-order chi connectivity index (χ1) is 5.29. The normalized spacial score (nSPS) is 36.0. The van der Waals surface area contributed by atoms with E-state index in [4.69, 9.17) is 10.5 Å². The van der Waals surface area contributed by atoms with E-state index in [1.165, 1.54) is 0 Å². The second-order valence-electron chi connectivity index (χ2n) is 3.57. The van der Waals surface area contributed by atoms with Crippen LogP contribution in [0, 0.1) is 0 Å². The molecular weight excluding hydrogens is 140 g/mol. The van der Waals surface area contributed by atoms with Crippen LogP contribution in [-0.2, 0) is 4.74 Å². The minimum absolute atomic E-state index is 0.231. The molecule has 2 saturated heterocycles. The molecule has 0 saturated carbocycles. The molecule has 0 aromatic rings. The number of nitrogens with zero attached hydrogens (tertiary/aromatic N) is 1. The summed E-state index contributed by atoms with van der Waals surface area (Å²) in [5, 5.41) is 0. The molecular formula is C8H16N2O. The molecule has 0 bridgehead atoms. The van der Waals surface area contributed by atoms with E-state index in [0.717, 1.165) is 32.7 Å². The van der Waals surface area contributed by atoms with Gasteiger partial charge in [-0.1, -0.05) is 6.92 Å². The number of hydrogen-bond donors (Lipinski definition) is 1. The van der Waals surface area contributed by atoms with Crippen molar-refractivity contribution in [2.75, 3.05) is 26.3 Å². The van der Waals surface area contributed by atoms with Crippen LogP contribution in [0.4, 0.5) is 0 Å². The molecule has 64 valence electrons. The van der Waals surface area contributed by atoms with Gasteiger partial charge in [0.25, 0.3) is 0 Å². The van der Waals surface area contributed by atoms with E-state index in [1.807, 2.05) is 0 Å². The van der Waals surface area contributed by atoms with Crippen molar-refractivity contribution in [3.63, 3.8) is 0 Å². The van der Waals surface area contributed by atoms with E-state index in [2.05, 4.69) is 11.8 Å². The maximum Gasteiger partial charge on any atom is 0.0831 e. The van der Waals surface area contributed by atoms with Gasteiger partial charge in [-0.3, -0.25) is 4.90 Å². The van der Waals surface area contributed by atoms with E-state index in [1.54, 1.807) is 0 Å². The van der Waals surface area contributed by atoms with Gasteiger partial charge in [-0.05, 0) is 13.0 Å². The van der Waals surface area contributed by atoms with Crippen molar-refractivity contribution in [2.24, 2.45) is 5.73 Å². The number of rotatable bonds is 1. The standard InChI is InChI=1S/C8H16N2O/c1-2-10-4-3-7(9)8(10)5-11-6-8/h7H,2-6,9H2,1H3. The predicted octanol–water partition coefficient (Wildman–Crippen LogP) is -0.192. The summed E-state index contributed by atoms with van der Waals surface area (Å²) < 4.78 is 5.24. The molecule has 2 aliphatic heterocycles. The minimum atomic E-state index is 0.231. The third-order valence-electron chi connectivity index (χ3n) is 3.12. The number of ether oxygens (including phenoxy) is 1. The predicted molar refractivity (Wildman–Crippen MR) is 43.4 cm³/mol. The Morgan fingerprint density at radius 1 is 1.64 bits per heavy atom. The molecule has 2 aliphatic rings. The van der Waals surface area contributed by atoms with Gasteiger partial charge < -0.3 is 10.5 Å². The summed E-state index contributed by atoms with van der Waals surface area (Å²) in [4.78, 5) is 2.46. The van der Waals surface area contributed by atoms with Gasteiger partial charge in [-0.2, -0.15) is 0 Å². The molecule has 0 aromatic heterocycles. The van der Waals surface area contributed by atoms with Gasteiger partial charge >= 0.3 is 0 Å². The largest absolute Gasteiger partial charge is 0.377 e. The van der Waals surface area contributed by atoms with Gasteiger partial charge in [0.05, 0.1) is 18.8 Å². The van der Waals surface area contributed by atoms with Crippen molar-refractivity contribution >= 4 is 0 Å². The van der Waals surface area contributed by atoms with Crippen LogP contribution in [0.25, 0.3) is 0 Å². The Morgan fingerprint density at radius 3 is 2.73 bits per heavy atom. The van der Waals surface area contributed by atoms with Crippen LogP contribution in [0.5, 0.6) is 0 Å². The summed E-state index contributed by atoms with van der Waals surface area (Å²) in [5.74, 6) is 0. The third kappa shape index (κ3) is 0.849. The molecule has 2 heterocycles. The summed E-state index contributed by atoms with van der Waals surface area (Å²) in [7, 11) is 0. The highest BCUT2D eigenvalue weighted by atomic mass is 16.5. The molecule has 3 heteroatoms. The summed E-state index contributed by atoms with van der Waals surface area (Å²) in [6.07, 6.45) is 1.14. The van der Waals surface area contributed by atoms with Gasteiger partial charge in [0.2, 0.25) is 0 Å². The first-order valence-electron chi connectivity index (χ1n) is 4.38. The van der Waals surface area contributed by atoms with Crippen LogP contribution >= 0.6 is 0 Å². The Kier molecular flexibility index (Phi) is 1.67. The Balaban J connectivity index is 2.12. The third-order valence-corrected chi connectivity index (χ3v) is 3.12. The molecule has 0 aliphatic carbocycles. The van der Waals surface area contributed by atoms with Gasteiger partial charge in [-0.15, -0.1) is 0 Å². The summed E-state index contributed by atoms with van der Waals surface area (Å²) >= 11 is 0. The molecule has 0 aromatic carbocycles. The molecule has 2 rings (SSSR count). The molecule has 1 unspecified atom stereocenters. The summed E-state index contributed by atoms with van der Waals surface area (Å²) in [6.45, 7) is 6.15. The highest BCUT2D eigenvalue weighted by Crippen LogP contribution is 2.34. The lowest BCUT2D eigenvalue weighted by atomic mass is 9.89. The maximum atomic E-state index is 6.02. The highest BCUT2D eigenvalue weighted by molar-refractivity contribution is 5.08. The first kappa shape index (κ1) is 7.53. The Morgan fingerprint density at radius 2 is 2.36 bits per heavy atom. The van der Waals surface area contributed by atoms with E-state index in [-0.39, 0.29) is 5.54 Å². The lowest BCUT2D eigenvalue weighted by Gasteiger charge is -2.47. The molecule has 2 fully saturated rings. The Bertz CT molecular complexity index is 156. The van der Waals surface area contributed by atoms with Crippen molar-refractivity contribution in [1.29, 1.82) is 0 Å². The zero-order chi connectivity index (χ0) is 7.90. The number of hydrogen-bond acceptors (Lipinski definition) is 3. The molecule has 1 spiro atoms. The van der Waals surface area contributed by atoms with Crippen LogP contribution in [0.1, 0.15) is 13.3 Å². The van der Waals surface area contributed by atoms with Crippen LogP contribution in [0.3, 0.4) is 0 Å². The summed E-state index contributed by atoms with van der Waals surface area (Å²) in [5.41, 5.74) is 6.25. The molecule has 2 N–H and O–H groups in total.